The van der Waals surface area contributed by atoms with Crippen molar-refractivity contribution in [2.24, 2.45) is 5.92 Å². The molecule has 3 rings (SSSR count). The van der Waals surface area contributed by atoms with E-state index in [1.807, 2.05) is 30.3 Å². The molecule has 0 spiro atoms. The van der Waals surface area contributed by atoms with Crippen LogP contribution in [-0.4, -0.2) is 43.7 Å². The summed E-state index contributed by atoms with van der Waals surface area (Å²) in [4.78, 5) is 24.5. The molecule has 0 radical (unpaired) electrons. The molecule has 29 heavy (non-hydrogen) atoms. The fourth-order valence-electron chi connectivity index (χ4n) is 3.34. The minimum absolute atomic E-state index is 0.0598. The molecule has 0 N–H and O–H groups in total. The first kappa shape index (κ1) is 21.2. The number of amides is 1. The minimum Gasteiger partial charge on any atom is -0.315 e. The van der Waals surface area contributed by atoms with Gasteiger partial charge in [0.05, 0.1) is 9.82 Å². The zero-order chi connectivity index (χ0) is 21.2. The van der Waals surface area contributed by atoms with Crippen LogP contribution in [0.2, 0.25) is 5.02 Å². The third-order valence-electron chi connectivity index (χ3n) is 5.03. The number of halogens is 1. The number of carbonyl (C=O) groups is 1. The van der Waals surface area contributed by atoms with Gasteiger partial charge in [0.2, 0.25) is 15.9 Å². The second-order valence-corrected chi connectivity index (χ2v) is 9.13. The van der Waals surface area contributed by atoms with Gasteiger partial charge in [-0.1, -0.05) is 29.8 Å². The summed E-state index contributed by atoms with van der Waals surface area (Å²) in [6.45, 7) is 0.329. The largest absolute Gasteiger partial charge is 0.315 e. The first-order chi connectivity index (χ1) is 13.7. The molecular weight excluding hydrogens is 418 g/mol. The lowest BCUT2D eigenvalue weighted by molar-refractivity contribution is -0.384. The fraction of sp³-hybridized carbons (Fsp3) is 0.316. The summed E-state index contributed by atoms with van der Waals surface area (Å²) >= 11 is 5.77. The molecule has 8 nitrogen and oxygen atoms in total. The number of carbonyl (C=O) groups excluding carboxylic acids is 1. The fourth-order valence-corrected chi connectivity index (χ4v) is 5.01. The molecule has 1 aliphatic heterocycles. The average Bonchev–Trinajstić information content (AvgIpc) is 2.73. The number of piperidine rings is 1. The first-order valence-corrected chi connectivity index (χ1v) is 10.8. The zero-order valence-electron chi connectivity index (χ0n) is 15.7. The number of nitrogens with zero attached hydrogens (tertiary/aromatic N) is 3. The van der Waals surface area contributed by atoms with Crippen molar-refractivity contribution in [1.82, 2.24) is 4.31 Å². The first-order valence-electron chi connectivity index (χ1n) is 8.98. The van der Waals surface area contributed by atoms with Crippen LogP contribution in [0, 0.1) is 16.0 Å². The Morgan fingerprint density at radius 2 is 1.79 bits per heavy atom. The molecular formula is C19H20ClN3O5S. The molecule has 1 aliphatic rings. The van der Waals surface area contributed by atoms with Crippen LogP contribution in [0.4, 0.5) is 11.4 Å². The lowest BCUT2D eigenvalue weighted by Gasteiger charge is -2.32. The Labute approximate surface area is 173 Å². The van der Waals surface area contributed by atoms with E-state index < -0.39 is 20.6 Å². The van der Waals surface area contributed by atoms with E-state index in [1.54, 1.807) is 11.9 Å². The van der Waals surface area contributed by atoms with Gasteiger partial charge in [-0.25, -0.2) is 8.42 Å². The van der Waals surface area contributed by atoms with Crippen LogP contribution in [0.5, 0.6) is 0 Å². The summed E-state index contributed by atoms with van der Waals surface area (Å²) < 4.78 is 27.0. The van der Waals surface area contributed by atoms with Gasteiger partial charge in [0.1, 0.15) is 5.02 Å². The quantitative estimate of drug-likeness (QED) is 0.527. The number of nitro groups is 1. The van der Waals surface area contributed by atoms with Gasteiger partial charge in [0.25, 0.3) is 5.69 Å². The highest BCUT2D eigenvalue weighted by Crippen LogP contribution is 2.31. The van der Waals surface area contributed by atoms with Gasteiger partial charge < -0.3 is 4.90 Å². The average molecular weight is 438 g/mol. The molecule has 0 saturated carbocycles. The lowest BCUT2D eigenvalue weighted by atomic mass is 9.96. The molecule has 154 valence electrons. The van der Waals surface area contributed by atoms with Crippen LogP contribution in [0.25, 0.3) is 0 Å². The van der Waals surface area contributed by atoms with Gasteiger partial charge in [-0.3, -0.25) is 14.9 Å². The monoisotopic (exact) mass is 437 g/mol. The third-order valence-corrected chi connectivity index (χ3v) is 7.24. The van der Waals surface area contributed by atoms with Gasteiger partial charge in [0.15, 0.2) is 0 Å². The van der Waals surface area contributed by atoms with Crippen molar-refractivity contribution in [1.29, 1.82) is 0 Å². The predicted octanol–water partition coefficient (Wildman–Crippen LogP) is 3.31. The Balaban J connectivity index is 1.71. The molecule has 0 bridgehead atoms. The van der Waals surface area contributed by atoms with E-state index in [2.05, 4.69) is 0 Å². The van der Waals surface area contributed by atoms with Gasteiger partial charge in [-0.15, -0.1) is 0 Å². The van der Waals surface area contributed by atoms with Crippen LogP contribution in [-0.2, 0) is 14.8 Å². The van der Waals surface area contributed by atoms with E-state index in [0.717, 1.165) is 11.8 Å². The van der Waals surface area contributed by atoms with Crippen LogP contribution < -0.4 is 4.90 Å². The van der Waals surface area contributed by atoms with Crippen molar-refractivity contribution in [2.75, 3.05) is 25.0 Å². The summed E-state index contributed by atoms with van der Waals surface area (Å²) in [6, 6.07) is 12.7. The van der Waals surface area contributed by atoms with Crippen LogP contribution >= 0.6 is 11.6 Å². The topological polar surface area (TPSA) is 101 Å². The molecule has 10 heteroatoms. The van der Waals surface area contributed by atoms with E-state index in [1.165, 1.54) is 16.4 Å². The summed E-state index contributed by atoms with van der Waals surface area (Å²) in [5, 5.41) is 10.9. The number of hydrogen-bond acceptors (Lipinski definition) is 5. The maximum atomic E-state index is 12.9. The van der Waals surface area contributed by atoms with Crippen molar-refractivity contribution in [3.63, 3.8) is 0 Å². The molecule has 0 aliphatic carbocycles. The molecule has 1 amide bonds. The van der Waals surface area contributed by atoms with Crippen LogP contribution in [0.3, 0.4) is 0 Å². The standard InChI is InChI=1S/C19H20ClN3O5S/c1-21(15-5-3-2-4-6-15)19(24)14-9-11-22(12-10-14)29(27,28)16-7-8-17(20)18(13-16)23(25)26/h2-8,13-14H,9-12H2,1H3. The number of para-hydroxylation sites is 1. The predicted molar refractivity (Wildman–Crippen MR) is 109 cm³/mol. The van der Waals surface area contributed by atoms with E-state index in [9.17, 15) is 23.3 Å². The third kappa shape index (κ3) is 4.42. The Kier molecular flexibility index (Phi) is 6.21. The minimum atomic E-state index is -3.91. The molecule has 1 heterocycles. The molecule has 1 fully saturated rings. The summed E-state index contributed by atoms with van der Waals surface area (Å²) in [5.74, 6) is -0.346. The lowest BCUT2D eigenvalue weighted by Crippen LogP contribution is -2.43. The maximum Gasteiger partial charge on any atom is 0.289 e. The summed E-state index contributed by atoms with van der Waals surface area (Å²) in [5.41, 5.74) is 0.323. The SMILES string of the molecule is CN(C(=O)C1CCN(S(=O)(=O)c2ccc(Cl)c([N+](=O)[O-])c2)CC1)c1ccccc1. The molecule has 2 aromatic rings. The van der Waals surface area contributed by atoms with E-state index >= 15 is 0 Å². The normalized spacial score (nSPS) is 15.8. The van der Waals surface area contributed by atoms with E-state index in [4.69, 9.17) is 11.6 Å². The maximum absolute atomic E-state index is 12.9. The van der Waals surface area contributed by atoms with Crippen molar-refractivity contribution < 1.29 is 18.1 Å². The Morgan fingerprint density at radius 3 is 2.38 bits per heavy atom. The van der Waals surface area contributed by atoms with Gasteiger partial charge in [0, 0.05) is 37.8 Å². The van der Waals surface area contributed by atoms with Crippen molar-refractivity contribution >= 4 is 38.9 Å². The molecule has 2 aromatic carbocycles. The van der Waals surface area contributed by atoms with Crippen molar-refractivity contribution in [3.8, 4) is 0 Å². The highest BCUT2D eigenvalue weighted by Gasteiger charge is 2.34. The van der Waals surface area contributed by atoms with Gasteiger partial charge >= 0.3 is 0 Å². The number of anilines is 1. The van der Waals surface area contributed by atoms with Gasteiger partial charge in [-0.2, -0.15) is 4.31 Å². The summed E-state index contributed by atoms with van der Waals surface area (Å²) in [7, 11) is -2.21. The molecule has 0 unspecified atom stereocenters. The second kappa shape index (κ2) is 8.48. The zero-order valence-corrected chi connectivity index (χ0v) is 17.3. The number of rotatable bonds is 5. The van der Waals surface area contributed by atoms with E-state index in [0.29, 0.717) is 12.8 Å². The Morgan fingerprint density at radius 1 is 1.17 bits per heavy atom. The molecule has 1 saturated heterocycles. The molecule has 0 atom stereocenters. The Hall–Kier alpha value is -2.49. The number of nitro benzene ring substituents is 1. The van der Waals surface area contributed by atoms with Crippen molar-refractivity contribution in [3.05, 3.63) is 63.7 Å². The second-order valence-electron chi connectivity index (χ2n) is 6.78. The summed E-state index contributed by atoms with van der Waals surface area (Å²) in [6.07, 6.45) is 0.760. The van der Waals surface area contributed by atoms with E-state index in [-0.39, 0.29) is 34.8 Å². The number of hydrogen-bond donors (Lipinski definition) is 0. The Bertz CT molecular complexity index is 1020. The highest BCUT2D eigenvalue weighted by molar-refractivity contribution is 7.89. The molecule has 0 aromatic heterocycles. The highest BCUT2D eigenvalue weighted by atomic mass is 35.5. The van der Waals surface area contributed by atoms with Gasteiger partial charge in [-0.05, 0) is 37.1 Å². The number of sulfonamides is 1. The van der Waals surface area contributed by atoms with Crippen LogP contribution in [0.15, 0.2) is 53.4 Å². The van der Waals surface area contributed by atoms with Crippen LogP contribution in [0.1, 0.15) is 12.8 Å². The smallest absolute Gasteiger partial charge is 0.289 e. The van der Waals surface area contributed by atoms with Crippen molar-refractivity contribution in [2.45, 2.75) is 17.7 Å². The number of benzene rings is 2.